The lowest BCUT2D eigenvalue weighted by atomic mass is 10.1. The van der Waals surface area contributed by atoms with Gasteiger partial charge in [0.25, 0.3) is 0 Å². The lowest BCUT2D eigenvalue weighted by molar-refractivity contribution is -0.132. The first kappa shape index (κ1) is 14.3. The van der Waals surface area contributed by atoms with Gasteiger partial charge in [0.15, 0.2) is 0 Å². The highest BCUT2D eigenvalue weighted by molar-refractivity contribution is 9.10. The molecule has 0 radical (unpaired) electrons. The van der Waals surface area contributed by atoms with Gasteiger partial charge in [-0.1, -0.05) is 22.0 Å². The van der Waals surface area contributed by atoms with Crippen LogP contribution >= 0.6 is 15.9 Å². The zero-order valence-electron chi connectivity index (χ0n) is 9.39. The minimum Gasteiger partial charge on any atom is -0.374 e. The average molecular weight is 311 g/mol. The van der Waals surface area contributed by atoms with Crippen LogP contribution in [0, 0.1) is 0 Å². The smallest absolute Gasteiger partial charge is 0.374 e. The second-order valence-electron chi connectivity index (χ2n) is 3.76. The molecule has 0 aliphatic carbocycles. The molecule has 2 nitrogen and oxygen atoms in total. The fraction of sp³-hybridized carbons (Fsp3) is 0.455. The molecule has 0 atom stereocenters. The fourth-order valence-electron chi connectivity index (χ4n) is 1.48. The Kier molecular flexibility index (Phi) is 4.82. The van der Waals surface area contributed by atoms with Crippen molar-refractivity contribution in [2.45, 2.75) is 19.1 Å². The van der Waals surface area contributed by atoms with E-state index in [0.29, 0.717) is 6.54 Å². The van der Waals surface area contributed by atoms with E-state index in [1.54, 1.807) is 18.0 Å². The van der Waals surface area contributed by atoms with Crippen LogP contribution in [0.15, 0.2) is 22.7 Å². The average Bonchev–Trinajstić information content (AvgIpc) is 2.25. The molecule has 0 aliphatic heterocycles. The van der Waals surface area contributed by atoms with E-state index in [1.165, 1.54) is 0 Å². The summed E-state index contributed by atoms with van der Waals surface area (Å²) in [5.74, 6) is 0. The first-order valence-corrected chi connectivity index (χ1v) is 5.89. The Labute approximate surface area is 107 Å². The minimum atomic E-state index is -4.14. The van der Waals surface area contributed by atoms with E-state index in [9.17, 15) is 13.2 Å². The number of alkyl halides is 3. The molecular weight excluding hydrogens is 297 g/mol. The largest absolute Gasteiger partial charge is 0.390 e. The molecule has 0 heterocycles. The van der Waals surface area contributed by atoms with Crippen molar-refractivity contribution in [2.75, 3.05) is 18.5 Å². The van der Waals surface area contributed by atoms with Gasteiger partial charge in [0.1, 0.15) is 0 Å². The third kappa shape index (κ3) is 4.55. The Morgan fingerprint density at radius 3 is 2.53 bits per heavy atom. The Hall–Kier alpha value is -0.750. The molecule has 6 heteroatoms. The molecule has 0 bridgehead atoms. The van der Waals surface area contributed by atoms with E-state index in [0.717, 1.165) is 15.7 Å². The number of nitrogens with two attached hydrogens (primary N) is 1. The van der Waals surface area contributed by atoms with E-state index >= 15 is 0 Å². The summed E-state index contributed by atoms with van der Waals surface area (Å²) in [6.07, 6.45) is -4.97. The number of nitrogens with zero attached hydrogens (tertiary/aromatic N) is 1. The van der Waals surface area contributed by atoms with Gasteiger partial charge in [-0.25, -0.2) is 0 Å². The number of rotatable bonds is 4. The van der Waals surface area contributed by atoms with Gasteiger partial charge in [-0.05, 0) is 17.7 Å². The molecular formula is C11H14BrF3N2. The van der Waals surface area contributed by atoms with Crippen LogP contribution in [0.5, 0.6) is 0 Å². The van der Waals surface area contributed by atoms with Crippen molar-refractivity contribution in [3.63, 3.8) is 0 Å². The molecule has 96 valence electrons. The summed E-state index contributed by atoms with van der Waals surface area (Å²) in [5, 5.41) is 0. The molecule has 17 heavy (non-hydrogen) atoms. The molecule has 1 aromatic rings. The lowest BCUT2D eigenvalue weighted by Gasteiger charge is -2.23. The molecule has 0 saturated carbocycles. The Morgan fingerprint density at radius 2 is 2.00 bits per heavy atom. The van der Waals surface area contributed by atoms with Crippen LogP contribution in [-0.4, -0.2) is 19.8 Å². The molecule has 0 saturated heterocycles. The zero-order chi connectivity index (χ0) is 13.1. The third-order valence-electron chi connectivity index (χ3n) is 2.41. The number of hydrogen-bond donors (Lipinski definition) is 1. The van der Waals surface area contributed by atoms with Crippen molar-refractivity contribution in [3.05, 3.63) is 28.2 Å². The quantitative estimate of drug-likeness (QED) is 0.924. The van der Waals surface area contributed by atoms with Crippen molar-refractivity contribution in [1.82, 2.24) is 0 Å². The summed E-state index contributed by atoms with van der Waals surface area (Å²) in [6, 6.07) is 5.41. The van der Waals surface area contributed by atoms with Crippen molar-refractivity contribution < 1.29 is 13.2 Å². The summed E-state index contributed by atoms with van der Waals surface area (Å²) < 4.78 is 37.2. The third-order valence-corrected chi connectivity index (χ3v) is 2.90. The normalized spacial score (nSPS) is 11.6. The first-order valence-electron chi connectivity index (χ1n) is 5.10. The molecule has 0 aromatic heterocycles. The summed E-state index contributed by atoms with van der Waals surface area (Å²) in [7, 11) is 1.63. The predicted molar refractivity (Wildman–Crippen MR) is 66.0 cm³/mol. The number of anilines is 1. The zero-order valence-corrected chi connectivity index (χ0v) is 11.0. The van der Waals surface area contributed by atoms with Crippen molar-refractivity contribution in [3.8, 4) is 0 Å². The van der Waals surface area contributed by atoms with Gasteiger partial charge >= 0.3 is 6.18 Å². The Morgan fingerprint density at radius 1 is 1.35 bits per heavy atom. The molecule has 2 N–H and O–H groups in total. The maximum Gasteiger partial charge on any atom is 0.390 e. The highest BCUT2D eigenvalue weighted by Crippen LogP contribution is 2.26. The lowest BCUT2D eigenvalue weighted by Crippen LogP contribution is -2.25. The standard InChI is InChI=1S/C11H14BrF3N2/c1-17(5-4-11(13,14)15)10-6-9(12)3-2-8(10)7-16/h2-3,6H,4-5,7,16H2,1H3. The Bertz CT molecular complexity index is 379. The van der Waals surface area contributed by atoms with E-state index in [4.69, 9.17) is 5.73 Å². The van der Waals surface area contributed by atoms with Crippen molar-refractivity contribution >= 4 is 21.6 Å². The van der Waals surface area contributed by atoms with Gasteiger partial charge in [-0.15, -0.1) is 0 Å². The summed E-state index contributed by atoms with van der Waals surface area (Å²) in [5.41, 5.74) is 7.12. The van der Waals surface area contributed by atoms with Crippen molar-refractivity contribution in [1.29, 1.82) is 0 Å². The van der Waals surface area contributed by atoms with Crippen LogP contribution in [0.3, 0.4) is 0 Å². The maximum atomic E-state index is 12.1. The fourth-order valence-corrected chi connectivity index (χ4v) is 1.83. The Balaban J connectivity index is 2.80. The van der Waals surface area contributed by atoms with E-state index in [1.807, 2.05) is 12.1 Å². The van der Waals surface area contributed by atoms with Crippen LogP contribution in [0.2, 0.25) is 0 Å². The summed E-state index contributed by atoms with van der Waals surface area (Å²) in [4.78, 5) is 1.57. The maximum absolute atomic E-state index is 12.1. The molecule has 0 fully saturated rings. The summed E-state index contributed by atoms with van der Waals surface area (Å²) in [6.45, 7) is 0.228. The second kappa shape index (κ2) is 5.73. The van der Waals surface area contributed by atoms with E-state index in [-0.39, 0.29) is 6.54 Å². The highest BCUT2D eigenvalue weighted by atomic mass is 79.9. The van der Waals surface area contributed by atoms with E-state index < -0.39 is 12.6 Å². The van der Waals surface area contributed by atoms with Crippen LogP contribution in [0.25, 0.3) is 0 Å². The van der Waals surface area contributed by atoms with Gasteiger partial charge in [-0.3, -0.25) is 0 Å². The summed E-state index contributed by atoms with van der Waals surface area (Å²) >= 11 is 3.29. The van der Waals surface area contributed by atoms with Crippen LogP contribution in [0.4, 0.5) is 18.9 Å². The van der Waals surface area contributed by atoms with Crippen LogP contribution in [0.1, 0.15) is 12.0 Å². The molecule has 0 unspecified atom stereocenters. The first-order chi connectivity index (χ1) is 7.83. The van der Waals surface area contributed by atoms with Gasteiger partial charge in [0.05, 0.1) is 6.42 Å². The van der Waals surface area contributed by atoms with Gasteiger partial charge in [-0.2, -0.15) is 13.2 Å². The monoisotopic (exact) mass is 310 g/mol. The molecule has 1 rings (SSSR count). The molecule has 0 aliphatic rings. The molecule has 1 aromatic carbocycles. The van der Waals surface area contributed by atoms with Crippen LogP contribution in [-0.2, 0) is 6.54 Å². The number of halogens is 4. The molecule has 0 spiro atoms. The van der Waals surface area contributed by atoms with Gasteiger partial charge in [0, 0.05) is 30.3 Å². The minimum absolute atomic E-state index is 0.0764. The number of hydrogen-bond acceptors (Lipinski definition) is 2. The van der Waals surface area contributed by atoms with Gasteiger partial charge in [0.2, 0.25) is 0 Å². The topological polar surface area (TPSA) is 29.3 Å². The van der Waals surface area contributed by atoms with Crippen molar-refractivity contribution in [2.24, 2.45) is 5.73 Å². The van der Waals surface area contributed by atoms with Gasteiger partial charge < -0.3 is 10.6 Å². The predicted octanol–water partition coefficient (Wildman–Crippen LogP) is 3.30. The van der Waals surface area contributed by atoms with Crippen LogP contribution < -0.4 is 10.6 Å². The number of benzene rings is 1. The highest BCUT2D eigenvalue weighted by Gasteiger charge is 2.27. The van der Waals surface area contributed by atoms with E-state index in [2.05, 4.69) is 15.9 Å². The second-order valence-corrected chi connectivity index (χ2v) is 4.68. The SMILES string of the molecule is CN(CCC(F)(F)F)c1cc(Br)ccc1CN. The molecule has 0 amide bonds.